The lowest BCUT2D eigenvalue weighted by atomic mass is 9.88. The number of carbonyl (C=O) groups is 1. The largest absolute Gasteiger partial charge is 0.369 e. The number of hydrogen-bond donors (Lipinski definition) is 1. The minimum absolute atomic E-state index is 0.00930. The highest BCUT2D eigenvalue weighted by Gasteiger charge is 2.27. The van der Waals surface area contributed by atoms with Gasteiger partial charge >= 0.3 is 0 Å². The van der Waals surface area contributed by atoms with Crippen molar-refractivity contribution in [2.45, 2.75) is 18.8 Å². The molecule has 1 saturated heterocycles. The molecule has 0 radical (unpaired) electrons. The van der Waals surface area contributed by atoms with Crippen LogP contribution in [-0.2, 0) is 14.8 Å². The number of piperazine rings is 1. The molecule has 4 rings (SSSR count). The van der Waals surface area contributed by atoms with Gasteiger partial charge in [0.2, 0.25) is 15.9 Å². The van der Waals surface area contributed by atoms with Crippen LogP contribution in [0, 0.1) is 5.82 Å². The van der Waals surface area contributed by atoms with Gasteiger partial charge in [-0.2, -0.15) is 4.31 Å². The lowest BCUT2D eigenvalue weighted by molar-refractivity contribution is -0.121. The van der Waals surface area contributed by atoms with Gasteiger partial charge in [-0.25, -0.2) is 12.8 Å². The van der Waals surface area contributed by atoms with Crippen LogP contribution < -0.4 is 10.2 Å². The summed E-state index contributed by atoms with van der Waals surface area (Å²) in [5.41, 5.74) is 3.03. The first kappa shape index (κ1) is 25.9. The van der Waals surface area contributed by atoms with Crippen molar-refractivity contribution in [3.63, 3.8) is 0 Å². The van der Waals surface area contributed by atoms with E-state index in [1.54, 1.807) is 12.1 Å². The number of carbonyl (C=O) groups excluding carboxylic acids is 1. The highest BCUT2D eigenvalue weighted by Crippen LogP contribution is 2.27. The average molecular weight is 510 g/mol. The van der Waals surface area contributed by atoms with Gasteiger partial charge in [0.15, 0.2) is 0 Å². The first-order valence-corrected chi connectivity index (χ1v) is 13.9. The minimum Gasteiger partial charge on any atom is -0.369 e. The van der Waals surface area contributed by atoms with Crippen LogP contribution in [-0.4, -0.2) is 57.1 Å². The Morgan fingerprint density at radius 3 is 1.94 bits per heavy atom. The molecule has 190 valence electrons. The zero-order valence-electron chi connectivity index (χ0n) is 20.2. The number of nitrogens with one attached hydrogen (secondary N) is 1. The van der Waals surface area contributed by atoms with Crippen LogP contribution in [0.5, 0.6) is 0 Å². The number of anilines is 1. The highest BCUT2D eigenvalue weighted by atomic mass is 32.2. The molecule has 0 aromatic heterocycles. The number of hydrogen-bond acceptors (Lipinski definition) is 4. The molecule has 1 aliphatic heterocycles. The van der Waals surface area contributed by atoms with E-state index in [9.17, 15) is 17.6 Å². The van der Waals surface area contributed by atoms with Crippen LogP contribution in [0.4, 0.5) is 10.1 Å². The second kappa shape index (κ2) is 12.1. The molecule has 0 bridgehead atoms. The zero-order valence-corrected chi connectivity index (χ0v) is 21.0. The van der Waals surface area contributed by atoms with E-state index in [0.717, 1.165) is 16.8 Å². The third-order valence-corrected chi connectivity index (χ3v) is 8.47. The fourth-order valence-electron chi connectivity index (χ4n) is 4.54. The molecule has 1 aliphatic rings. The van der Waals surface area contributed by atoms with Gasteiger partial charge in [0.1, 0.15) is 5.82 Å². The number of benzene rings is 3. The number of sulfonamides is 1. The van der Waals surface area contributed by atoms with Crippen LogP contribution in [0.15, 0.2) is 84.9 Å². The predicted octanol–water partition coefficient (Wildman–Crippen LogP) is 4.01. The van der Waals surface area contributed by atoms with Crippen LogP contribution in [0.25, 0.3) is 0 Å². The lowest BCUT2D eigenvalue weighted by Gasteiger charge is -2.35. The van der Waals surface area contributed by atoms with Gasteiger partial charge in [-0.3, -0.25) is 4.79 Å². The predicted molar refractivity (Wildman–Crippen MR) is 141 cm³/mol. The Morgan fingerprint density at radius 1 is 0.833 bits per heavy atom. The van der Waals surface area contributed by atoms with Crippen LogP contribution in [0.1, 0.15) is 29.9 Å². The Morgan fingerprint density at radius 2 is 1.39 bits per heavy atom. The number of nitrogens with zero attached hydrogens (tertiary/aromatic N) is 2. The highest BCUT2D eigenvalue weighted by molar-refractivity contribution is 7.89. The smallest absolute Gasteiger partial charge is 0.220 e. The Hall–Kier alpha value is -3.23. The van der Waals surface area contributed by atoms with Crippen molar-refractivity contribution >= 4 is 21.6 Å². The van der Waals surface area contributed by atoms with E-state index in [-0.39, 0.29) is 23.4 Å². The molecule has 0 unspecified atom stereocenters. The van der Waals surface area contributed by atoms with Gasteiger partial charge in [0.25, 0.3) is 0 Å². The van der Waals surface area contributed by atoms with Gasteiger partial charge in [0.05, 0.1) is 5.75 Å². The summed E-state index contributed by atoms with van der Waals surface area (Å²) >= 11 is 0. The summed E-state index contributed by atoms with van der Waals surface area (Å²) in [7, 11) is -3.41. The maximum atomic E-state index is 13.2. The van der Waals surface area contributed by atoms with Crippen molar-refractivity contribution in [2.75, 3.05) is 43.4 Å². The van der Waals surface area contributed by atoms with Crippen LogP contribution in [0.3, 0.4) is 0 Å². The SMILES string of the molecule is O=C(CC(c1ccccc1)c1ccccc1)NCCCS(=O)(=O)N1CCN(c2ccc(F)cc2)CC1. The van der Waals surface area contributed by atoms with Gasteiger partial charge in [0, 0.05) is 50.7 Å². The summed E-state index contributed by atoms with van der Waals surface area (Å²) in [6.07, 6.45) is 0.652. The first-order chi connectivity index (χ1) is 17.4. The topological polar surface area (TPSA) is 69.7 Å². The van der Waals surface area contributed by atoms with Crippen molar-refractivity contribution < 1.29 is 17.6 Å². The minimum atomic E-state index is -3.41. The van der Waals surface area contributed by atoms with Crippen LogP contribution >= 0.6 is 0 Å². The Balaban J connectivity index is 1.23. The molecule has 36 heavy (non-hydrogen) atoms. The molecule has 8 heteroatoms. The molecular weight excluding hydrogens is 477 g/mol. The number of halogens is 1. The van der Waals surface area contributed by atoms with Crippen molar-refractivity contribution in [2.24, 2.45) is 0 Å². The third-order valence-electron chi connectivity index (χ3n) is 6.52. The molecule has 0 aliphatic carbocycles. The van der Waals surface area contributed by atoms with Crippen molar-refractivity contribution in [3.05, 3.63) is 102 Å². The molecular formula is C28H32FN3O3S. The normalized spacial score (nSPS) is 14.7. The van der Waals surface area contributed by atoms with E-state index in [0.29, 0.717) is 45.6 Å². The first-order valence-electron chi connectivity index (χ1n) is 12.3. The van der Waals surface area contributed by atoms with E-state index in [1.807, 2.05) is 60.7 Å². The fraction of sp³-hybridized carbons (Fsp3) is 0.321. The van der Waals surface area contributed by atoms with Crippen molar-refractivity contribution in [1.29, 1.82) is 0 Å². The molecule has 0 spiro atoms. The summed E-state index contributed by atoms with van der Waals surface area (Å²) in [4.78, 5) is 14.8. The van der Waals surface area contributed by atoms with Gasteiger partial charge in [-0.15, -0.1) is 0 Å². The Bertz CT molecular complexity index is 1170. The summed E-state index contributed by atoms with van der Waals surface area (Å²) in [5.74, 6) is -0.459. The second-order valence-electron chi connectivity index (χ2n) is 8.96. The quantitative estimate of drug-likeness (QED) is 0.420. The standard InChI is InChI=1S/C28H32FN3O3S/c29-25-12-14-26(15-13-25)31-17-19-32(20-18-31)36(34,35)21-7-16-30-28(33)22-27(23-8-3-1-4-9-23)24-10-5-2-6-11-24/h1-6,8-15,27H,7,16-22H2,(H,30,33). The molecule has 0 atom stereocenters. The number of rotatable bonds is 10. The monoisotopic (exact) mass is 509 g/mol. The average Bonchev–Trinajstić information content (AvgIpc) is 2.91. The zero-order chi connectivity index (χ0) is 25.4. The molecule has 1 heterocycles. The van der Waals surface area contributed by atoms with Crippen LogP contribution in [0.2, 0.25) is 0 Å². The van der Waals surface area contributed by atoms with Crippen molar-refractivity contribution in [1.82, 2.24) is 9.62 Å². The van der Waals surface area contributed by atoms with E-state index in [2.05, 4.69) is 10.2 Å². The third kappa shape index (κ3) is 6.92. The number of amides is 1. The molecule has 1 amide bonds. The van der Waals surface area contributed by atoms with E-state index in [1.165, 1.54) is 16.4 Å². The summed E-state index contributed by atoms with van der Waals surface area (Å²) < 4.78 is 40.3. The summed E-state index contributed by atoms with van der Waals surface area (Å²) in [5, 5.41) is 2.90. The van der Waals surface area contributed by atoms with E-state index < -0.39 is 10.0 Å². The molecule has 3 aromatic rings. The van der Waals surface area contributed by atoms with Crippen molar-refractivity contribution in [3.8, 4) is 0 Å². The molecule has 1 fully saturated rings. The summed E-state index contributed by atoms with van der Waals surface area (Å²) in [6.45, 7) is 2.21. The Labute approximate surface area is 212 Å². The lowest BCUT2D eigenvalue weighted by Crippen LogP contribution is -2.49. The van der Waals surface area contributed by atoms with Gasteiger partial charge < -0.3 is 10.2 Å². The fourth-order valence-corrected chi connectivity index (χ4v) is 6.03. The van der Waals surface area contributed by atoms with Gasteiger partial charge in [-0.1, -0.05) is 60.7 Å². The maximum absolute atomic E-state index is 13.2. The molecule has 3 aromatic carbocycles. The van der Waals surface area contributed by atoms with Gasteiger partial charge in [-0.05, 0) is 41.8 Å². The summed E-state index contributed by atoms with van der Waals surface area (Å²) in [6, 6.07) is 26.1. The molecule has 6 nitrogen and oxygen atoms in total. The Kier molecular flexibility index (Phi) is 8.72. The maximum Gasteiger partial charge on any atom is 0.220 e. The second-order valence-corrected chi connectivity index (χ2v) is 11.0. The molecule has 0 saturated carbocycles. The molecule has 1 N–H and O–H groups in total. The van der Waals surface area contributed by atoms with E-state index >= 15 is 0 Å². The van der Waals surface area contributed by atoms with E-state index in [4.69, 9.17) is 0 Å².